The molecule has 0 fully saturated rings. The van der Waals surface area contributed by atoms with Crippen molar-refractivity contribution >= 4 is 16.8 Å². The second kappa shape index (κ2) is 5.12. The Morgan fingerprint density at radius 2 is 2.22 bits per heavy atom. The van der Waals surface area contributed by atoms with Gasteiger partial charge in [0.25, 0.3) is 5.91 Å². The number of nitrogens with zero attached hydrogens (tertiary/aromatic N) is 1. The number of para-hydroxylation sites is 1. The molecule has 1 aromatic carbocycles. The SMILES string of the molecule is CC1Cc2cccc3c(=O)c(C(=O)NCc4ccco4)cn1c23. The molecule has 0 spiro atoms. The van der Waals surface area contributed by atoms with Crippen molar-refractivity contribution in [3.05, 3.63) is 69.9 Å². The van der Waals surface area contributed by atoms with Crippen LogP contribution in [0.4, 0.5) is 0 Å². The van der Waals surface area contributed by atoms with Crippen LogP contribution < -0.4 is 10.7 Å². The number of nitrogens with one attached hydrogen (secondary N) is 1. The molecule has 0 saturated carbocycles. The summed E-state index contributed by atoms with van der Waals surface area (Å²) < 4.78 is 7.23. The van der Waals surface area contributed by atoms with Crippen LogP contribution in [0, 0.1) is 0 Å². The van der Waals surface area contributed by atoms with E-state index in [0.717, 1.165) is 17.5 Å². The number of hydrogen-bond acceptors (Lipinski definition) is 3. The highest BCUT2D eigenvalue weighted by atomic mass is 16.3. The second-order valence-corrected chi connectivity index (χ2v) is 5.91. The molecule has 1 unspecified atom stereocenters. The molecule has 3 heterocycles. The van der Waals surface area contributed by atoms with Gasteiger partial charge in [0.2, 0.25) is 5.43 Å². The van der Waals surface area contributed by atoms with Crippen molar-refractivity contribution in [3.8, 4) is 0 Å². The molecular weight excluding hydrogens is 292 g/mol. The Hall–Kier alpha value is -2.82. The van der Waals surface area contributed by atoms with Crippen molar-refractivity contribution in [2.24, 2.45) is 0 Å². The predicted octanol–water partition coefficient (Wildman–Crippen LogP) is 2.64. The van der Waals surface area contributed by atoms with Crippen molar-refractivity contribution < 1.29 is 9.21 Å². The van der Waals surface area contributed by atoms with Gasteiger partial charge in [-0.2, -0.15) is 0 Å². The quantitative estimate of drug-likeness (QED) is 0.809. The van der Waals surface area contributed by atoms with E-state index in [2.05, 4.69) is 12.2 Å². The molecule has 1 aliphatic heterocycles. The summed E-state index contributed by atoms with van der Waals surface area (Å²) in [5.41, 5.74) is 2.07. The summed E-state index contributed by atoms with van der Waals surface area (Å²) in [6.45, 7) is 2.35. The highest BCUT2D eigenvalue weighted by molar-refractivity contribution is 5.98. The Morgan fingerprint density at radius 3 is 3.00 bits per heavy atom. The summed E-state index contributed by atoms with van der Waals surface area (Å²) in [7, 11) is 0. The molecule has 116 valence electrons. The zero-order valence-corrected chi connectivity index (χ0v) is 12.7. The molecule has 5 heteroatoms. The van der Waals surface area contributed by atoms with E-state index in [1.54, 1.807) is 30.7 Å². The Labute approximate surface area is 132 Å². The lowest BCUT2D eigenvalue weighted by molar-refractivity contribution is 0.0946. The number of aromatic nitrogens is 1. The molecule has 1 aliphatic rings. The van der Waals surface area contributed by atoms with Gasteiger partial charge in [0, 0.05) is 17.6 Å². The lowest BCUT2D eigenvalue weighted by atomic mass is 10.1. The fourth-order valence-electron chi connectivity index (χ4n) is 3.25. The lowest BCUT2D eigenvalue weighted by Gasteiger charge is -2.12. The van der Waals surface area contributed by atoms with E-state index in [4.69, 9.17) is 4.42 Å². The predicted molar refractivity (Wildman–Crippen MR) is 86.5 cm³/mol. The summed E-state index contributed by atoms with van der Waals surface area (Å²) in [5, 5.41) is 3.35. The first kappa shape index (κ1) is 13.8. The number of benzene rings is 1. The maximum Gasteiger partial charge on any atom is 0.257 e. The van der Waals surface area contributed by atoms with E-state index in [1.165, 1.54) is 0 Å². The summed E-state index contributed by atoms with van der Waals surface area (Å²) in [6, 6.07) is 9.49. The van der Waals surface area contributed by atoms with E-state index < -0.39 is 0 Å². The monoisotopic (exact) mass is 308 g/mol. The van der Waals surface area contributed by atoms with Gasteiger partial charge in [0.15, 0.2) is 0 Å². The first-order valence-electron chi connectivity index (χ1n) is 7.62. The van der Waals surface area contributed by atoms with E-state index in [0.29, 0.717) is 11.1 Å². The van der Waals surface area contributed by atoms with Gasteiger partial charge in [-0.05, 0) is 37.1 Å². The van der Waals surface area contributed by atoms with Crippen LogP contribution in [0.3, 0.4) is 0 Å². The van der Waals surface area contributed by atoms with Crippen LogP contribution in [0.5, 0.6) is 0 Å². The third-order valence-electron chi connectivity index (χ3n) is 4.37. The number of furan rings is 1. The van der Waals surface area contributed by atoms with Crippen LogP contribution in [0.25, 0.3) is 10.9 Å². The summed E-state index contributed by atoms with van der Waals surface area (Å²) in [5.74, 6) is 0.279. The van der Waals surface area contributed by atoms with Gasteiger partial charge < -0.3 is 14.3 Å². The number of pyridine rings is 1. The molecule has 1 amide bonds. The average molecular weight is 308 g/mol. The minimum Gasteiger partial charge on any atom is -0.467 e. The van der Waals surface area contributed by atoms with Crippen molar-refractivity contribution in [1.29, 1.82) is 0 Å². The number of carbonyl (C=O) groups excluding carboxylic acids is 1. The zero-order chi connectivity index (χ0) is 16.0. The third-order valence-corrected chi connectivity index (χ3v) is 4.37. The van der Waals surface area contributed by atoms with Gasteiger partial charge >= 0.3 is 0 Å². The summed E-state index contributed by atoms with van der Waals surface area (Å²) in [6.07, 6.45) is 4.12. The number of carbonyl (C=O) groups is 1. The molecule has 4 rings (SSSR count). The second-order valence-electron chi connectivity index (χ2n) is 5.91. The van der Waals surface area contributed by atoms with Gasteiger partial charge in [-0.15, -0.1) is 0 Å². The molecule has 2 aromatic heterocycles. The first-order chi connectivity index (χ1) is 11.1. The Kier molecular flexibility index (Phi) is 3.08. The van der Waals surface area contributed by atoms with E-state index in [-0.39, 0.29) is 29.5 Å². The Morgan fingerprint density at radius 1 is 1.35 bits per heavy atom. The van der Waals surface area contributed by atoms with E-state index in [9.17, 15) is 9.59 Å². The van der Waals surface area contributed by atoms with Crippen LogP contribution in [-0.4, -0.2) is 10.5 Å². The molecule has 5 nitrogen and oxygen atoms in total. The molecule has 0 radical (unpaired) electrons. The topological polar surface area (TPSA) is 64.2 Å². The van der Waals surface area contributed by atoms with Crippen LogP contribution in [0.15, 0.2) is 52.0 Å². The minimum atomic E-state index is -0.374. The Balaban J connectivity index is 1.75. The Bertz CT molecular complexity index is 954. The van der Waals surface area contributed by atoms with Gasteiger partial charge in [0.05, 0.1) is 18.3 Å². The zero-order valence-electron chi connectivity index (χ0n) is 12.7. The molecule has 0 bridgehead atoms. The standard InChI is InChI=1S/C18H16N2O3/c1-11-8-12-4-2-6-14-16(12)20(11)10-15(17(14)21)18(22)19-9-13-5-3-7-23-13/h2-7,10-11H,8-9H2,1H3,(H,19,22). The fourth-order valence-corrected chi connectivity index (χ4v) is 3.25. The molecule has 0 saturated heterocycles. The lowest BCUT2D eigenvalue weighted by Crippen LogP contribution is -2.29. The third kappa shape index (κ3) is 2.16. The van der Waals surface area contributed by atoms with Crippen LogP contribution in [0.1, 0.15) is 34.6 Å². The molecule has 23 heavy (non-hydrogen) atoms. The van der Waals surface area contributed by atoms with Crippen LogP contribution >= 0.6 is 0 Å². The van der Waals surface area contributed by atoms with Crippen molar-refractivity contribution in [2.75, 3.05) is 0 Å². The molecule has 1 atom stereocenters. The maximum absolute atomic E-state index is 12.7. The molecule has 1 N–H and O–H groups in total. The van der Waals surface area contributed by atoms with Gasteiger partial charge in [0.1, 0.15) is 11.3 Å². The minimum absolute atomic E-state index is 0.176. The highest BCUT2D eigenvalue weighted by Crippen LogP contribution is 2.30. The smallest absolute Gasteiger partial charge is 0.257 e. The number of rotatable bonds is 3. The first-order valence-corrected chi connectivity index (χ1v) is 7.62. The number of hydrogen-bond donors (Lipinski definition) is 1. The normalized spacial score (nSPS) is 16.0. The summed E-state index contributed by atoms with van der Waals surface area (Å²) in [4.78, 5) is 25.1. The van der Waals surface area contributed by atoms with Gasteiger partial charge in [-0.1, -0.05) is 12.1 Å². The van der Waals surface area contributed by atoms with E-state index in [1.807, 2.05) is 16.7 Å². The molecule has 3 aromatic rings. The van der Waals surface area contributed by atoms with Crippen molar-refractivity contribution in [1.82, 2.24) is 9.88 Å². The van der Waals surface area contributed by atoms with Crippen molar-refractivity contribution in [3.63, 3.8) is 0 Å². The number of amides is 1. The van der Waals surface area contributed by atoms with Crippen LogP contribution in [0.2, 0.25) is 0 Å². The molecular formula is C18H16N2O3. The fraction of sp³-hybridized carbons (Fsp3) is 0.222. The van der Waals surface area contributed by atoms with E-state index >= 15 is 0 Å². The average Bonchev–Trinajstić information content (AvgIpc) is 3.17. The largest absolute Gasteiger partial charge is 0.467 e. The van der Waals surface area contributed by atoms with Gasteiger partial charge in [-0.25, -0.2) is 0 Å². The van der Waals surface area contributed by atoms with Crippen molar-refractivity contribution in [2.45, 2.75) is 25.9 Å². The highest BCUT2D eigenvalue weighted by Gasteiger charge is 2.24. The molecule has 0 aliphatic carbocycles. The maximum atomic E-state index is 12.7. The van der Waals surface area contributed by atoms with Crippen LogP contribution in [-0.2, 0) is 13.0 Å². The summed E-state index contributed by atoms with van der Waals surface area (Å²) >= 11 is 0. The van der Waals surface area contributed by atoms with Gasteiger partial charge in [-0.3, -0.25) is 9.59 Å².